The van der Waals surface area contributed by atoms with Gasteiger partial charge in [-0.2, -0.15) is 0 Å². The van der Waals surface area contributed by atoms with E-state index >= 15 is 0 Å². The molecule has 1 saturated heterocycles. The highest BCUT2D eigenvalue weighted by Crippen LogP contribution is 2.40. The number of carbonyl (C=O) groups excluding carboxylic acids is 2. The van der Waals surface area contributed by atoms with Gasteiger partial charge in [0.05, 0.1) is 5.69 Å². The summed E-state index contributed by atoms with van der Waals surface area (Å²) in [6, 6.07) is 13.9. The van der Waals surface area contributed by atoms with Crippen molar-refractivity contribution < 1.29 is 14.7 Å². The van der Waals surface area contributed by atoms with E-state index in [1.54, 1.807) is 0 Å². The number of likely N-dealkylation sites (tertiary alicyclic amines) is 1. The van der Waals surface area contributed by atoms with Crippen molar-refractivity contribution in [1.82, 2.24) is 10.3 Å². The molecule has 0 spiro atoms. The van der Waals surface area contributed by atoms with Gasteiger partial charge in [-0.25, -0.2) is 5.43 Å². The van der Waals surface area contributed by atoms with Crippen LogP contribution in [-0.4, -0.2) is 53.8 Å². The van der Waals surface area contributed by atoms with Gasteiger partial charge in [0, 0.05) is 36.7 Å². The summed E-state index contributed by atoms with van der Waals surface area (Å²) in [4.78, 5) is 31.2. The number of piperidine rings is 1. The highest BCUT2D eigenvalue weighted by atomic mass is 16.3. The molecular formula is C25H28N4O3. The van der Waals surface area contributed by atoms with E-state index in [1.165, 1.54) is 5.56 Å². The van der Waals surface area contributed by atoms with Gasteiger partial charge in [-0.1, -0.05) is 30.3 Å². The predicted octanol–water partition coefficient (Wildman–Crippen LogP) is 2.78. The predicted molar refractivity (Wildman–Crippen MR) is 123 cm³/mol. The van der Waals surface area contributed by atoms with E-state index < -0.39 is 5.60 Å². The van der Waals surface area contributed by atoms with Crippen molar-refractivity contribution in [2.45, 2.75) is 37.8 Å². The number of amides is 1. The average molecular weight is 433 g/mol. The van der Waals surface area contributed by atoms with Crippen LogP contribution in [-0.2, 0) is 11.3 Å². The van der Waals surface area contributed by atoms with Crippen molar-refractivity contribution in [3.05, 3.63) is 53.6 Å². The number of rotatable bonds is 6. The van der Waals surface area contributed by atoms with Gasteiger partial charge >= 0.3 is 0 Å². The molecule has 0 aromatic heterocycles. The standard InChI is InChI=1S/C25H28N4O3/c1-26-16-29-22-20(15-27-29)3-2-4-21(22)17-5-7-19(8-6-17)24(31)28-13-9-18(10-14-28)23(30)25(32)11-12-25/h2-8,18,27,32H,1,9-16H2. The van der Waals surface area contributed by atoms with Crippen LogP contribution in [0, 0.1) is 5.92 Å². The maximum Gasteiger partial charge on any atom is 0.253 e. The fourth-order valence-corrected chi connectivity index (χ4v) is 4.83. The van der Waals surface area contributed by atoms with Crippen LogP contribution >= 0.6 is 0 Å². The summed E-state index contributed by atoms with van der Waals surface area (Å²) >= 11 is 0. The van der Waals surface area contributed by atoms with Crippen LogP contribution in [0.2, 0.25) is 0 Å². The molecule has 7 nitrogen and oxygen atoms in total. The Kier molecular flexibility index (Phi) is 5.31. The van der Waals surface area contributed by atoms with Gasteiger partial charge in [0.2, 0.25) is 0 Å². The van der Waals surface area contributed by atoms with Gasteiger partial charge in [-0.15, -0.1) is 0 Å². The van der Waals surface area contributed by atoms with E-state index in [-0.39, 0.29) is 17.6 Å². The Hall–Kier alpha value is -3.03. The lowest BCUT2D eigenvalue weighted by molar-refractivity contribution is -0.134. The summed E-state index contributed by atoms with van der Waals surface area (Å²) in [6.45, 7) is 5.92. The first-order valence-electron chi connectivity index (χ1n) is 11.2. The van der Waals surface area contributed by atoms with Crippen LogP contribution in [0.3, 0.4) is 0 Å². The molecular weight excluding hydrogens is 404 g/mol. The molecule has 166 valence electrons. The van der Waals surface area contributed by atoms with Crippen LogP contribution in [0.4, 0.5) is 5.69 Å². The Labute approximate surface area is 187 Å². The number of Topliss-reactive ketones (excluding diaryl/α,β-unsaturated/α-hetero) is 1. The smallest absolute Gasteiger partial charge is 0.253 e. The van der Waals surface area contributed by atoms with E-state index in [1.807, 2.05) is 40.2 Å². The minimum Gasteiger partial charge on any atom is -0.382 e. The molecule has 32 heavy (non-hydrogen) atoms. The maximum atomic E-state index is 13.0. The first-order chi connectivity index (χ1) is 15.5. The number of benzene rings is 2. The number of ketones is 1. The number of fused-ring (bicyclic) bond motifs is 1. The molecule has 3 aliphatic rings. The molecule has 1 saturated carbocycles. The molecule has 2 aromatic carbocycles. The van der Waals surface area contributed by atoms with Gasteiger partial charge in [0.1, 0.15) is 12.3 Å². The van der Waals surface area contributed by atoms with Crippen molar-refractivity contribution in [2.24, 2.45) is 10.9 Å². The van der Waals surface area contributed by atoms with Gasteiger partial charge in [-0.3, -0.25) is 19.6 Å². The van der Waals surface area contributed by atoms with Crippen molar-refractivity contribution in [1.29, 1.82) is 0 Å². The highest BCUT2D eigenvalue weighted by molar-refractivity contribution is 5.96. The van der Waals surface area contributed by atoms with Crippen LogP contribution in [0.15, 0.2) is 47.5 Å². The van der Waals surface area contributed by atoms with Crippen LogP contribution < -0.4 is 10.4 Å². The fourth-order valence-electron chi connectivity index (χ4n) is 4.83. The Morgan fingerprint density at radius 1 is 1.12 bits per heavy atom. The normalized spacial score (nSPS) is 19.5. The summed E-state index contributed by atoms with van der Waals surface area (Å²) < 4.78 is 0. The maximum absolute atomic E-state index is 13.0. The molecule has 0 bridgehead atoms. The second-order valence-corrected chi connectivity index (χ2v) is 8.98. The summed E-state index contributed by atoms with van der Waals surface area (Å²) in [5.74, 6) is -0.166. The molecule has 2 N–H and O–H groups in total. The molecule has 7 heteroatoms. The first-order valence-corrected chi connectivity index (χ1v) is 11.2. The minimum absolute atomic E-state index is 0.00924. The molecule has 2 aliphatic heterocycles. The summed E-state index contributed by atoms with van der Waals surface area (Å²) in [7, 11) is 0. The second kappa shape index (κ2) is 8.15. The van der Waals surface area contributed by atoms with Gasteiger partial charge < -0.3 is 10.0 Å². The van der Waals surface area contributed by atoms with Crippen LogP contribution in [0.1, 0.15) is 41.6 Å². The lowest BCUT2D eigenvalue weighted by Crippen LogP contribution is -2.42. The van der Waals surface area contributed by atoms with Crippen molar-refractivity contribution in [3.8, 4) is 11.1 Å². The second-order valence-electron chi connectivity index (χ2n) is 8.98. The van der Waals surface area contributed by atoms with Crippen molar-refractivity contribution in [2.75, 3.05) is 24.8 Å². The average Bonchev–Trinajstić information content (AvgIpc) is 3.46. The largest absolute Gasteiger partial charge is 0.382 e. The Morgan fingerprint density at radius 2 is 1.84 bits per heavy atom. The number of aliphatic imine (C=N–C) groups is 1. The Bertz CT molecular complexity index is 1050. The van der Waals surface area contributed by atoms with Gasteiger partial charge in [0.25, 0.3) is 5.91 Å². The molecule has 0 unspecified atom stereocenters. The van der Waals surface area contributed by atoms with E-state index in [0.717, 1.165) is 23.4 Å². The van der Waals surface area contributed by atoms with E-state index in [9.17, 15) is 14.7 Å². The lowest BCUT2D eigenvalue weighted by Gasteiger charge is -2.32. The zero-order valence-electron chi connectivity index (χ0n) is 18.1. The minimum atomic E-state index is -1.07. The topological polar surface area (TPSA) is 85.2 Å². The van der Waals surface area contributed by atoms with E-state index in [4.69, 9.17) is 0 Å². The van der Waals surface area contributed by atoms with Crippen molar-refractivity contribution in [3.63, 3.8) is 0 Å². The molecule has 1 aliphatic carbocycles. The molecule has 1 amide bonds. The summed E-state index contributed by atoms with van der Waals surface area (Å²) in [6.07, 6.45) is 2.42. The molecule has 0 atom stereocenters. The number of hydrogen-bond acceptors (Lipinski definition) is 6. The summed E-state index contributed by atoms with van der Waals surface area (Å²) in [5, 5.41) is 12.1. The molecule has 0 radical (unpaired) electrons. The highest BCUT2D eigenvalue weighted by Gasteiger charge is 2.50. The number of nitrogens with zero attached hydrogens (tertiary/aromatic N) is 3. The third-order valence-corrected chi connectivity index (χ3v) is 6.87. The van der Waals surface area contributed by atoms with Crippen molar-refractivity contribution >= 4 is 24.1 Å². The number of nitrogens with one attached hydrogen (secondary N) is 1. The van der Waals surface area contributed by atoms with Crippen LogP contribution in [0.25, 0.3) is 11.1 Å². The molecule has 2 heterocycles. The fraction of sp³-hybridized carbons (Fsp3) is 0.400. The molecule has 2 aromatic rings. The Balaban J connectivity index is 1.28. The van der Waals surface area contributed by atoms with Gasteiger partial charge in [-0.05, 0) is 55.7 Å². The Morgan fingerprint density at radius 3 is 2.50 bits per heavy atom. The summed E-state index contributed by atoms with van der Waals surface area (Å²) in [5.41, 5.74) is 7.34. The SMILES string of the molecule is C=NCN1NCc2cccc(-c3ccc(C(=O)N4CCC(C(=O)C5(O)CC5)CC4)cc3)c21. The number of anilines is 1. The molecule has 5 rings (SSSR count). The number of hydrazine groups is 1. The van der Waals surface area contributed by atoms with Gasteiger partial charge in [0.15, 0.2) is 5.78 Å². The molecule has 2 fully saturated rings. The third kappa shape index (κ3) is 3.72. The zero-order valence-corrected chi connectivity index (χ0v) is 18.1. The number of carbonyl (C=O) groups is 2. The lowest BCUT2D eigenvalue weighted by atomic mass is 9.88. The zero-order chi connectivity index (χ0) is 22.3. The number of hydrogen-bond donors (Lipinski definition) is 2. The number of aliphatic hydroxyl groups is 1. The third-order valence-electron chi connectivity index (χ3n) is 6.87. The number of para-hydroxylation sites is 1. The first kappa shape index (κ1) is 20.8. The quantitative estimate of drug-likeness (QED) is 0.686. The van der Waals surface area contributed by atoms with Crippen LogP contribution in [0.5, 0.6) is 0 Å². The monoisotopic (exact) mass is 432 g/mol. The van der Waals surface area contributed by atoms with E-state index in [0.29, 0.717) is 51.0 Å². The van der Waals surface area contributed by atoms with E-state index in [2.05, 4.69) is 29.3 Å².